The first-order valence-corrected chi connectivity index (χ1v) is 8.80. The topological polar surface area (TPSA) is 63.2 Å². The molecule has 0 radical (unpaired) electrons. The number of nitrogens with one attached hydrogen (secondary N) is 2. The third-order valence-electron chi connectivity index (χ3n) is 4.25. The number of aromatic nitrogens is 1. The quantitative estimate of drug-likeness (QED) is 0.902. The molecule has 1 saturated carbocycles. The van der Waals surface area contributed by atoms with Gasteiger partial charge in [0.1, 0.15) is 0 Å². The minimum absolute atomic E-state index is 0.0779. The summed E-state index contributed by atoms with van der Waals surface area (Å²) in [4.78, 5) is 18.0. The van der Waals surface area contributed by atoms with E-state index in [2.05, 4.69) is 27.8 Å². The molecule has 1 aliphatic heterocycles. The SMILES string of the molecule is O=C(Nc1nc2c(s1)COCC2)N[C@H](c1ccccc1)C1CC1. The van der Waals surface area contributed by atoms with Crippen molar-refractivity contribution in [2.24, 2.45) is 5.92 Å². The van der Waals surface area contributed by atoms with E-state index in [1.807, 2.05) is 18.2 Å². The van der Waals surface area contributed by atoms with Gasteiger partial charge in [-0.05, 0) is 24.3 Å². The fourth-order valence-electron chi connectivity index (χ4n) is 2.92. The van der Waals surface area contributed by atoms with Crippen LogP contribution < -0.4 is 10.6 Å². The van der Waals surface area contributed by atoms with Crippen LogP contribution in [0.2, 0.25) is 0 Å². The third kappa shape index (κ3) is 3.38. The van der Waals surface area contributed by atoms with Crippen LogP contribution in [0.3, 0.4) is 0 Å². The average molecular weight is 329 g/mol. The molecular weight excluding hydrogens is 310 g/mol. The second-order valence-corrected chi connectivity index (χ2v) is 7.10. The van der Waals surface area contributed by atoms with E-state index < -0.39 is 0 Å². The van der Waals surface area contributed by atoms with Gasteiger partial charge in [0, 0.05) is 6.42 Å². The number of hydrogen-bond acceptors (Lipinski definition) is 4. The molecule has 0 saturated heterocycles. The molecule has 0 spiro atoms. The summed E-state index contributed by atoms with van der Waals surface area (Å²) in [6.07, 6.45) is 3.16. The van der Waals surface area contributed by atoms with E-state index in [-0.39, 0.29) is 12.1 Å². The van der Waals surface area contributed by atoms with E-state index in [0.717, 1.165) is 22.6 Å². The highest BCUT2D eigenvalue weighted by Gasteiger charge is 2.33. The monoisotopic (exact) mass is 329 g/mol. The largest absolute Gasteiger partial charge is 0.375 e. The maximum Gasteiger partial charge on any atom is 0.321 e. The van der Waals surface area contributed by atoms with Crippen LogP contribution >= 0.6 is 11.3 Å². The van der Waals surface area contributed by atoms with Crippen molar-refractivity contribution in [1.82, 2.24) is 10.3 Å². The molecule has 2 amide bonds. The minimum atomic E-state index is -0.183. The van der Waals surface area contributed by atoms with Crippen LogP contribution in [0.15, 0.2) is 30.3 Å². The number of anilines is 1. The number of hydrogen-bond donors (Lipinski definition) is 2. The normalized spacial score (nSPS) is 18.1. The Morgan fingerprint density at radius 1 is 1.30 bits per heavy atom. The molecule has 2 aliphatic rings. The van der Waals surface area contributed by atoms with Gasteiger partial charge in [0.2, 0.25) is 0 Å². The third-order valence-corrected chi connectivity index (χ3v) is 5.24. The second kappa shape index (κ2) is 6.29. The lowest BCUT2D eigenvalue weighted by Crippen LogP contribution is -2.33. The van der Waals surface area contributed by atoms with Gasteiger partial charge in [0.05, 0.1) is 29.8 Å². The van der Waals surface area contributed by atoms with Crippen molar-refractivity contribution in [2.45, 2.75) is 31.9 Å². The Hall–Kier alpha value is -1.92. The smallest absolute Gasteiger partial charge is 0.321 e. The zero-order chi connectivity index (χ0) is 15.6. The van der Waals surface area contributed by atoms with Gasteiger partial charge in [-0.15, -0.1) is 0 Å². The number of carbonyl (C=O) groups is 1. The molecule has 23 heavy (non-hydrogen) atoms. The first-order chi connectivity index (χ1) is 11.3. The Bertz CT molecular complexity index is 674. The van der Waals surface area contributed by atoms with E-state index in [9.17, 15) is 4.79 Å². The molecule has 1 aliphatic carbocycles. The van der Waals surface area contributed by atoms with Crippen LogP contribution in [-0.2, 0) is 17.8 Å². The molecular formula is C17H19N3O2S. The molecule has 1 aromatic carbocycles. The molecule has 2 N–H and O–H groups in total. The van der Waals surface area contributed by atoms with Crippen LogP contribution in [0.4, 0.5) is 9.93 Å². The number of benzene rings is 1. The fourth-order valence-corrected chi connectivity index (χ4v) is 3.86. The van der Waals surface area contributed by atoms with Crippen molar-refractivity contribution < 1.29 is 9.53 Å². The van der Waals surface area contributed by atoms with Crippen LogP contribution in [0.25, 0.3) is 0 Å². The lowest BCUT2D eigenvalue weighted by atomic mass is 10.0. The number of nitrogens with zero attached hydrogens (tertiary/aromatic N) is 1. The Morgan fingerprint density at radius 3 is 2.87 bits per heavy atom. The maximum atomic E-state index is 12.4. The van der Waals surface area contributed by atoms with E-state index in [1.165, 1.54) is 24.2 Å². The van der Waals surface area contributed by atoms with Crippen molar-refractivity contribution in [2.75, 3.05) is 11.9 Å². The molecule has 5 nitrogen and oxygen atoms in total. The fraction of sp³-hybridized carbons (Fsp3) is 0.412. The van der Waals surface area contributed by atoms with Crippen LogP contribution in [0, 0.1) is 5.92 Å². The van der Waals surface area contributed by atoms with Gasteiger partial charge in [-0.2, -0.15) is 0 Å². The maximum absolute atomic E-state index is 12.4. The van der Waals surface area contributed by atoms with Crippen molar-refractivity contribution in [3.63, 3.8) is 0 Å². The van der Waals surface area contributed by atoms with Gasteiger partial charge < -0.3 is 10.1 Å². The second-order valence-electron chi connectivity index (χ2n) is 6.02. The average Bonchev–Trinajstić information content (AvgIpc) is 3.33. The number of urea groups is 1. The van der Waals surface area contributed by atoms with Gasteiger partial charge in [-0.25, -0.2) is 9.78 Å². The number of thiazole rings is 1. The van der Waals surface area contributed by atoms with Crippen molar-refractivity contribution in [1.29, 1.82) is 0 Å². The molecule has 0 bridgehead atoms. The highest BCUT2D eigenvalue weighted by molar-refractivity contribution is 7.15. The molecule has 2 heterocycles. The Balaban J connectivity index is 1.43. The summed E-state index contributed by atoms with van der Waals surface area (Å²) in [5, 5.41) is 6.65. The Morgan fingerprint density at radius 2 is 2.13 bits per heavy atom. The molecule has 1 fully saturated rings. The van der Waals surface area contributed by atoms with E-state index in [0.29, 0.717) is 24.3 Å². The van der Waals surface area contributed by atoms with Gasteiger partial charge in [0.25, 0.3) is 0 Å². The van der Waals surface area contributed by atoms with Crippen LogP contribution in [-0.4, -0.2) is 17.6 Å². The summed E-state index contributed by atoms with van der Waals surface area (Å²) in [5.41, 5.74) is 2.22. The number of amides is 2. The van der Waals surface area contributed by atoms with E-state index in [4.69, 9.17) is 4.74 Å². The number of ether oxygens (including phenoxy) is 1. The highest BCUT2D eigenvalue weighted by Crippen LogP contribution is 2.41. The molecule has 1 aromatic heterocycles. The molecule has 6 heteroatoms. The first kappa shape index (κ1) is 14.7. The zero-order valence-corrected chi connectivity index (χ0v) is 13.6. The summed E-state index contributed by atoms with van der Waals surface area (Å²) in [6, 6.07) is 10.1. The lowest BCUT2D eigenvalue weighted by molar-refractivity contribution is 0.112. The van der Waals surface area contributed by atoms with Gasteiger partial charge >= 0.3 is 6.03 Å². The Kier molecular flexibility index (Phi) is 4.01. The zero-order valence-electron chi connectivity index (χ0n) is 12.7. The summed E-state index contributed by atoms with van der Waals surface area (Å²) in [5.74, 6) is 0.543. The molecule has 120 valence electrons. The summed E-state index contributed by atoms with van der Waals surface area (Å²) in [6.45, 7) is 1.31. The highest BCUT2D eigenvalue weighted by atomic mass is 32.1. The summed E-state index contributed by atoms with van der Waals surface area (Å²) in [7, 11) is 0. The molecule has 1 atom stereocenters. The predicted octanol–water partition coefficient (Wildman–Crippen LogP) is 3.49. The summed E-state index contributed by atoms with van der Waals surface area (Å²) < 4.78 is 5.42. The van der Waals surface area contributed by atoms with Crippen LogP contribution in [0.5, 0.6) is 0 Å². The summed E-state index contributed by atoms with van der Waals surface area (Å²) >= 11 is 1.50. The van der Waals surface area contributed by atoms with Crippen molar-refractivity contribution in [3.05, 3.63) is 46.5 Å². The number of rotatable bonds is 4. The number of fused-ring (bicyclic) bond motifs is 1. The Labute approximate surface area is 139 Å². The van der Waals surface area contributed by atoms with Crippen molar-refractivity contribution >= 4 is 22.5 Å². The number of carbonyl (C=O) groups excluding carboxylic acids is 1. The first-order valence-electron chi connectivity index (χ1n) is 7.98. The van der Waals surface area contributed by atoms with Gasteiger partial charge in [-0.1, -0.05) is 41.7 Å². The molecule has 2 aromatic rings. The van der Waals surface area contributed by atoms with Crippen LogP contribution in [0.1, 0.15) is 35.0 Å². The molecule has 4 rings (SSSR count). The minimum Gasteiger partial charge on any atom is -0.375 e. The van der Waals surface area contributed by atoms with E-state index in [1.54, 1.807) is 0 Å². The van der Waals surface area contributed by atoms with E-state index >= 15 is 0 Å². The van der Waals surface area contributed by atoms with Gasteiger partial charge in [-0.3, -0.25) is 5.32 Å². The molecule has 0 unspecified atom stereocenters. The predicted molar refractivity (Wildman–Crippen MR) is 89.5 cm³/mol. The van der Waals surface area contributed by atoms with Crippen molar-refractivity contribution in [3.8, 4) is 0 Å². The standard InChI is InChI=1S/C17H19N3O2S/c21-16(20-17-18-13-8-9-22-10-14(13)23-17)19-15(12-6-7-12)11-4-2-1-3-5-11/h1-5,12,15H,6-10H2,(H2,18,19,20,21)/t15-/m1/s1. The lowest BCUT2D eigenvalue weighted by Gasteiger charge is -2.18. The van der Waals surface area contributed by atoms with Gasteiger partial charge in [0.15, 0.2) is 5.13 Å².